The van der Waals surface area contributed by atoms with Gasteiger partial charge in [-0.15, -0.1) is 0 Å². The fraction of sp³-hybridized carbons (Fsp3) is 0.357. The van der Waals surface area contributed by atoms with Crippen LogP contribution in [0.3, 0.4) is 0 Å². The molecule has 0 aliphatic carbocycles. The molecule has 0 aliphatic heterocycles. The van der Waals surface area contributed by atoms with Crippen molar-refractivity contribution in [3.05, 3.63) is 43.7 Å². The van der Waals surface area contributed by atoms with Gasteiger partial charge in [-0.3, -0.25) is 4.68 Å². The van der Waals surface area contributed by atoms with Gasteiger partial charge < -0.3 is 10.1 Å². The second-order valence-electron chi connectivity index (χ2n) is 4.38. The number of ether oxygens (including phenoxy) is 1. The van der Waals surface area contributed by atoms with E-state index >= 15 is 0 Å². The molecule has 1 aromatic heterocycles. The molecule has 0 radical (unpaired) electrons. The average Bonchev–Trinajstić information content (AvgIpc) is 2.80. The summed E-state index contributed by atoms with van der Waals surface area (Å²) in [5, 5.41) is 7.82. The summed E-state index contributed by atoms with van der Waals surface area (Å²) >= 11 is 5.91. The van der Waals surface area contributed by atoms with Gasteiger partial charge in [0, 0.05) is 15.1 Å². The summed E-state index contributed by atoms with van der Waals surface area (Å²) in [6.07, 6.45) is 1.75. The van der Waals surface area contributed by atoms with Crippen LogP contribution in [0.15, 0.2) is 28.9 Å². The minimum absolute atomic E-state index is 0.0480. The molecule has 108 valence electrons. The van der Waals surface area contributed by atoms with Crippen molar-refractivity contribution in [2.24, 2.45) is 7.05 Å². The number of aromatic nitrogens is 2. The molecule has 1 heterocycles. The van der Waals surface area contributed by atoms with Crippen LogP contribution < -0.4 is 10.1 Å². The van der Waals surface area contributed by atoms with Gasteiger partial charge >= 0.3 is 0 Å². The summed E-state index contributed by atoms with van der Waals surface area (Å²) in [6, 6.07) is 6.34. The summed E-state index contributed by atoms with van der Waals surface area (Å²) in [5.41, 5.74) is 2.24. The minimum atomic E-state index is 0.0480. The number of hydrogen-bond donors (Lipinski definition) is 1. The van der Waals surface area contributed by atoms with Crippen molar-refractivity contribution < 1.29 is 4.74 Å². The van der Waals surface area contributed by atoms with Crippen molar-refractivity contribution in [1.29, 1.82) is 0 Å². The molecule has 0 saturated heterocycles. The van der Waals surface area contributed by atoms with Gasteiger partial charge in [0.05, 0.1) is 19.3 Å². The normalized spacial score (nSPS) is 12.4. The predicted octanol–water partition coefficient (Wildman–Crippen LogP) is 3.49. The Morgan fingerprint density at radius 2 is 2.25 bits per heavy atom. The monoisotopic (exact) mass is 449 g/mol. The second-order valence-corrected chi connectivity index (χ2v) is 6.46. The zero-order valence-corrected chi connectivity index (χ0v) is 15.4. The van der Waals surface area contributed by atoms with Crippen LogP contribution in [0.25, 0.3) is 0 Å². The van der Waals surface area contributed by atoms with Gasteiger partial charge in [0.25, 0.3) is 0 Å². The molecule has 6 heteroatoms. The van der Waals surface area contributed by atoms with Gasteiger partial charge in [0.2, 0.25) is 0 Å². The third-order valence-corrected chi connectivity index (χ3v) is 4.60. The van der Waals surface area contributed by atoms with Crippen LogP contribution >= 0.6 is 38.5 Å². The van der Waals surface area contributed by atoms with Crippen molar-refractivity contribution in [1.82, 2.24) is 15.1 Å². The maximum absolute atomic E-state index is 5.45. The van der Waals surface area contributed by atoms with Gasteiger partial charge in [0.1, 0.15) is 5.69 Å². The standard InChI is InChI=1S/C14H17BrIN3O/c1-4-17-13(10-7-9(15)5-6-11(10)16)14-12(20-3)8-18-19(14)2/h5-8,13,17H,4H2,1-3H3. The Kier molecular flexibility index (Phi) is 5.45. The highest BCUT2D eigenvalue weighted by molar-refractivity contribution is 14.1. The van der Waals surface area contributed by atoms with Crippen molar-refractivity contribution in [3.63, 3.8) is 0 Å². The van der Waals surface area contributed by atoms with Gasteiger partial charge in [0.15, 0.2) is 5.75 Å². The smallest absolute Gasteiger partial charge is 0.161 e. The molecule has 4 nitrogen and oxygen atoms in total. The molecular formula is C14H17BrIN3O. The minimum Gasteiger partial charge on any atom is -0.493 e. The first-order valence-corrected chi connectivity index (χ1v) is 8.19. The Bertz CT molecular complexity index is 600. The number of rotatable bonds is 5. The lowest BCUT2D eigenvalue weighted by Crippen LogP contribution is -2.25. The first-order valence-electron chi connectivity index (χ1n) is 6.32. The fourth-order valence-electron chi connectivity index (χ4n) is 2.21. The number of hydrogen-bond acceptors (Lipinski definition) is 3. The number of benzene rings is 1. The van der Waals surface area contributed by atoms with E-state index in [0.717, 1.165) is 22.5 Å². The lowest BCUT2D eigenvalue weighted by molar-refractivity contribution is 0.401. The number of nitrogens with one attached hydrogen (secondary N) is 1. The SMILES string of the molecule is CCNC(c1cc(Br)ccc1I)c1c(OC)cnn1C. The maximum atomic E-state index is 5.45. The van der Waals surface area contributed by atoms with Crippen LogP contribution in [0.2, 0.25) is 0 Å². The van der Waals surface area contributed by atoms with Crippen molar-refractivity contribution >= 4 is 38.5 Å². The zero-order valence-electron chi connectivity index (χ0n) is 11.7. The summed E-state index contributed by atoms with van der Waals surface area (Å²) in [5.74, 6) is 0.800. The Morgan fingerprint density at radius 1 is 1.50 bits per heavy atom. The van der Waals surface area contributed by atoms with E-state index in [4.69, 9.17) is 4.74 Å². The molecule has 1 atom stereocenters. The molecule has 20 heavy (non-hydrogen) atoms. The molecule has 1 aromatic carbocycles. The molecule has 1 unspecified atom stereocenters. The molecule has 0 spiro atoms. The van der Waals surface area contributed by atoms with E-state index in [-0.39, 0.29) is 6.04 Å². The first kappa shape index (κ1) is 15.8. The Morgan fingerprint density at radius 3 is 2.90 bits per heavy atom. The maximum Gasteiger partial charge on any atom is 0.161 e. The van der Waals surface area contributed by atoms with E-state index in [2.05, 4.69) is 74.1 Å². The van der Waals surface area contributed by atoms with Crippen LogP contribution in [0.1, 0.15) is 24.2 Å². The molecule has 0 bridgehead atoms. The zero-order chi connectivity index (χ0) is 14.7. The van der Waals surface area contributed by atoms with Crippen LogP contribution in [0.5, 0.6) is 5.75 Å². The molecule has 2 rings (SSSR count). The number of aryl methyl sites for hydroxylation is 1. The molecule has 2 aromatic rings. The molecular weight excluding hydrogens is 433 g/mol. The third-order valence-electron chi connectivity index (χ3n) is 3.12. The predicted molar refractivity (Wildman–Crippen MR) is 92.1 cm³/mol. The largest absolute Gasteiger partial charge is 0.493 e. The van der Waals surface area contributed by atoms with E-state index in [1.807, 2.05) is 11.7 Å². The van der Waals surface area contributed by atoms with Crippen molar-refractivity contribution in [2.45, 2.75) is 13.0 Å². The highest BCUT2D eigenvalue weighted by Gasteiger charge is 2.23. The van der Waals surface area contributed by atoms with E-state index < -0.39 is 0 Å². The van der Waals surface area contributed by atoms with Crippen LogP contribution in [0, 0.1) is 3.57 Å². The van der Waals surface area contributed by atoms with Crippen molar-refractivity contribution in [3.8, 4) is 5.75 Å². The first-order chi connectivity index (χ1) is 9.58. The number of halogens is 2. The van der Waals surface area contributed by atoms with Gasteiger partial charge in [-0.2, -0.15) is 5.10 Å². The fourth-order valence-corrected chi connectivity index (χ4v) is 3.23. The van der Waals surface area contributed by atoms with Crippen molar-refractivity contribution in [2.75, 3.05) is 13.7 Å². The Balaban J connectivity index is 2.56. The van der Waals surface area contributed by atoms with Gasteiger partial charge in [-0.1, -0.05) is 22.9 Å². The third kappa shape index (κ3) is 3.17. The van der Waals surface area contributed by atoms with E-state index in [1.54, 1.807) is 13.3 Å². The van der Waals surface area contributed by atoms with Crippen LogP contribution in [-0.4, -0.2) is 23.4 Å². The topological polar surface area (TPSA) is 39.1 Å². The molecule has 0 aliphatic rings. The van der Waals surface area contributed by atoms with E-state index in [1.165, 1.54) is 9.13 Å². The average molecular weight is 450 g/mol. The van der Waals surface area contributed by atoms with Gasteiger partial charge in [-0.25, -0.2) is 0 Å². The molecule has 0 fully saturated rings. The lowest BCUT2D eigenvalue weighted by atomic mass is 10.0. The highest BCUT2D eigenvalue weighted by Crippen LogP contribution is 2.33. The van der Waals surface area contributed by atoms with Crippen LogP contribution in [0.4, 0.5) is 0 Å². The summed E-state index contributed by atoms with van der Waals surface area (Å²) in [7, 11) is 3.61. The molecule has 1 N–H and O–H groups in total. The molecule has 0 amide bonds. The highest BCUT2D eigenvalue weighted by atomic mass is 127. The molecule has 0 saturated carbocycles. The quantitative estimate of drug-likeness (QED) is 0.710. The van der Waals surface area contributed by atoms with Gasteiger partial charge in [-0.05, 0) is 52.9 Å². The summed E-state index contributed by atoms with van der Waals surface area (Å²) < 4.78 is 9.59. The van der Waals surface area contributed by atoms with E-state index in [9.17, 15) is 0 Å². The summed E-state index contributed by atoms with van der Waals surface area (Å²) in [4.78, 5) is 0. The number of methoxy groups -OCH3 is 1. The summed E-state index contributed by atoms with van der Waals surface area (Å²) in [6.45, 7) is 2.96. The van der Waals surface area contributed by atoms with Crippen LogP contribution in [-0.2, 0) is 7.05 Å². The Labute approximate surface area is 141 Å². The number of nitrogens with zero attached hydrogens (tertiary/aromatic N) is 2. The second kappa shape index (κ2) is 6.91. The van der Waals surface area contributed by atoms with E-state index in [0.29, 0.717) is 0 Å². The lowest BCUT2D eigenvalue weighted by Gasteiger charge is -2.21. The Hall–Kier alpha value is -0.600.